The van der Waals surface area contributed by atoms with Crippen LogP contribution >= 0.6 is 0 Å². The van der Waals surface area contributed by atoms with E-state index in [2.05, 4.69) is 6.58 Å². The summed E-state index contributed by atoms with van der Waals surface area (Å²) >= 11 is 0. The molecule has 0 radical (unpaired) electrons. The molecule has 0 rings (SSSR count). The molecule has 0 atom stereocenters. The van der Waals surface area contributed by atoms with Crippen molar-refractivity contribution in [1.82, 2.24) is 0 Å². The molecule has 0 aromatic rings. The lowest BCUT2D eigenvalue weighted by Crippen LogP contribution is -1.73. The number of hydrogen-bond donors (Lipinski definition) is 0. The average molecular weight is 138 g/mol. The van der Waals surface area contributed by atoms with Crippen molar-refractivity contribution in [3.8, 4) is 0 Å². The summed E-state index contributed by atoms with van der Waals surface area (Å²) < 4.78 is 45.2. The van der Waals surface area contributed by atoms with Gasteiger partial charge in [0.25, 0.3) is 0 Å². The van der Waals surface area contributed by atoms with Gasteiger partial charge in [0.05, 0.1) is 0 Å². The summed E-state index contributed by atoms with van der Waals surface area (Å²) in [4.78, 5) is 0. The second-order valence-electron chi connectivity index (χ2n) is 1.07. The van der Waals surface area contributed by atoms with E-state index in [4.69, 9.17) is 0 Å². The van der Waals surface area contributed by atoms with Crippen LogP contribution < -0.4 is 0 Å². The fraction of sp³-hybridized carbons (Fsp3) is 0. The van der Waals surface area contributed by atoms with E-state index in [0.29, 0.717) is 0 Å². The molecule has 4 heteroatoms. The lowest BCUT2D eigenvalue weighted by molar-refractivity contribution is 0.372. The van der Waals surface area contributed by atoms with Gasteiger partial charge >= 0.3 is 6.08 Å². The molecule has 0 saturated heterocycles. The van der Waals surface area contributed by atoms with E-state index >= 15 is 0 Å². The molecule has 0 amide bonds. The third-order valence-corrected chi connectivity index (χ3v) is 0.514. The highest BCUT2D eigenvalue weighted by atomic mass is 19.3. The predicted octanol–water partition coefficient (Wildman–Crippen LogP) is 2.70. The molecule has 0 nitrogen and oxygen atoms in total. The molecule has 0 saturated carbocycles. The summed E-state index contributed by atoms with van der Waals surface area (Å²) in [5.74, 6) is -3.97. The van der Waals surface area contributed by atoms with Crippen LogP contribution in [0.3, 0.4) is 0 Å². The molecule has 0 N–H and O–H groups in total. The van der Waals surface area contributed by atoms with Gasteiger partial charge in [0, 0.05) is 0 Å². The molecule has 9 heavy (non-hydrogen) atoms. The largest absolute Gasteiger partial charge is 0.309 e. The Bertz CT molecular complexity index is 181. The summed E-state index contributed by atoms with van der Waals surface area (Å²) in [6.45, 7) is 2.62. The Morgan fingerprint density at radius 2 is 1.56 bits per heavy atom. The van der Waals surface area contributed by atoms with Crippen LogP contribution in [0.4, 0.5) is 17.6 Å². The molecular weight excluding hydrogens is 136 g/mol. The molecule has 0 fully saturated rings. The van der Waals surface area contributed by atoms with Crippen molar-refractivity contribution in [2.24, 2.45) is 0 Å². The van der Waals surface area contributed by atoms with Gasteiger partial charge in [-0.25, -0.2) is 0 Å². The van der Waals surface area contributed by atoms with Crippen LogP contribution in [0.1, 0.15) is 0 Å². The van der Waals surface area contributed by atoms with Gasteiger partial charge in [-0.05, 0) is 0 Å². The molecule has 0 aromatic carbocycles. The van der Waals surface area contributed by atoms with Crippen LogP contribution in [0, 0.1) is 0 Å². The molecule has 0 bridgehead atoms. The maximum atomic E-state index is 11.6. The van der Waals surface area contributed by atoms with Crippen LogP contribution in [-0.4, -0.2) is 0 Å². The monoisotopic (exact) mass is 138 g/mol. The maximum Gasteiger partial charge on any atom is 0.309 e. The third kappa shape index (κ3) is 2.15. The minimum atomic E-state index is -2.70. The standard InChI is InChI=1S/C5H2F4/c1-2-3(6)4(7)5(8)9/h1H2. The molecule has 0 spiro atoms. The zero-order valence-corrected chi connectivity index (χ0v) is 4.22. The lowest BCUT2D eigenvalue weighted by Gasteiger charge is -1.83. The van der Waals surface area contributed by atoms with Crippen molar-refractivity contribution in [1.29, 1.82) is 0 Å². The Balaban J connectivity index is 4.60. The van der Waals surface area contributed by atoms with Gasteiger partial charge in [0.15, 0.2) is 0 Å². The van der Waals surface area contributed by atoms with E-state index in [-0.39, 0.29) is 0 Å². The van der Waals surface area contributed by atoms with E-state index in [0.717, 1.165) is 0 Å². The molecule has 0 aliphatic carbocycles. The van der Waals surface area contributed by atoms with Gasteiger partial charge in [-0.1, -0.05) is 12.3 Å². The predicted molar refractivity (Wildman–Crippen MR) is 24.1 cm³/mol. The van der Waals surface area contributed by atoms with E-state index in [1.54, 1.807) is 0 Å². The highest BCUT2D eigenvalue weighted by molar-refractivity contribution is 5.17. The Morgan fingerprint density at radius 3 is 1.67 bits per heavy atom. The Kier molecular flexibility index (Phi) is 2.74. The van der Waals surface area contributed by atoms with Gasteiger partial charge in [-0.3, -0.25) is 0 Å². The Labute approximate surface area is 48.8 Å². The molecule has 0 aromatic heterocycles. The van der Waals surface area contributed by atoms with Crippen molar-refractivity contribution >= 4 is 0 Å². The zero-order chi connectivity index (χ0) is 7.44. The smallest absolute Gasteiger partial charge is 0.197 e. The van der Waals surface area contributed by atoms with E-state index in [1.165, 1.54) is 5.73 Å². The third-order valence-electron chi connectivity index (χ3n) is 0.514. The van der Waals surface area contributed by atoms with Crippen molar-refractivity contribution < 1.29 is 17.6 Å². The second-order valence-corrected chi connectivity index (χ2v) is 1.07. The zero-order valence-electron chi connectivity index (χ0n) is 4.22. The first-order valence-corrected chi connectivity index (χ1v) is 1.86. The first-order chi connectivity index (χ1) is 4.09. The fourth-order valence-electron chi connectivity index (χ4n) is 0.161. The van der Waals surface area contributed by atoms with E-state index in [9.17, 15) is 17.6 Å². The van der Waals surface area contributed by atoms with Crippen LogP contribution in [0.15, 0.2) is 30.0 Å². The number of allylic oxidation sites excluding steroid dienone is 2. The molecule has 0 aliphatic heterocycles. The van der Waals surface area contributed by atoms with Gasteiger partial charge in [0.1, 0.15) is 0 Å². The number of halogens is 4. The summed E-state index contributed by atoms with van der Waals surface area (Å²) in [7, 11) is 0. The number of rotatable bonds is 1. The van der Waals surface area contributed by atoms with Crippen LogP contribution in [-0.2, 0) is 0 Å². The first-order valence-electron chi connectivity index (χ1n) is 1.86. The highest BCUT2D eigenvalue weighted by Gasteiger charge is 2.09. The molecule has 0 unspecified atom stereocenters. The molecule has 0 heterocycles. The van der Waals surface area contributed by atoms with Gasteiger partial charge in [0.2, 0.25) is 11.7 Å². The topological polar surface area (TPSA) is 0 Å². The SMILES string of the molecule is C=C=C(F)C(F)=C(F)F. The van der Waals surface area contributed by atoms with Gasteiger partial charge < -0.3 is 0 Å². The fourth-order valence-corrected chi connectivity index (χ4v) is 0.161. The van der Waals surface area contributed by atoms with Crippen molar-refractivity contribution in [3.05, 3.63) is 30.0 Å². The Morgan fingerprint density at radius 1 is 1.11 bits per heavy atom. The second kappa shape index (κ2) is 3.10. The highest BCUT2D eigenvalue weighted by Crippen LogP contribution is 2.17. The van der Waals surface area contributed by atoms with Crippen LogP contribution in [0.25, 0.3) is 0 Å². The van der Waals surface area contributed by atoms with Gasteiger partial charge in [-0.15, -0.1) is 0 Å². The summed E-state index contributed by atoms with van der Waals surface area (Å²) in [5, 5.41) is 0. The normalized spacial score (nSPS) is 8.00. The summed E-state index contributed by atoms with van der Waals surface area (Å²) in [6.07, 6.45) is -2.70. The molecule has 50 valence electrons. The van der Waals surface area contributed by atoms with E-state index in [1.807, 2.05) is 0 Å². The van der Waals surface area contributed by atoms with Crippen molar-refractivity contribution in [2.45, 2.75) is 0 Å². The maximum absolute atomic E-state index is 11.6. The summed E-state index contributed by atoms with van der Waals surface area (Å²) in [6, 6.07) is 0. The van der Waals surface area contributed by atoms with Crippen LogP contribution in [0.2, 0.25) is 0 Å². The first kappa shape index (κ1) is 7.98. The van der Waals surface area contributed by atoms with Gasteiger partial charge in [-0.2, -0.15) is 17.6 Å². The molecular formula is C5H2F4. The van der Waals surface area contributed by atoms with Crippen molar-refractivity contribution in [2.75, 3.05) is 0 Å². The minimum Gasteiger partial charge on any atom is -0.197 e. The van der Waals surface area contributed by atoms with E-state index < -0.39 is 17.7 Å². The van der Waals surface area contributed by atoms with Crippen LogP contribution in [0.5, 0.6) is 0 Å². The Hall–Kier alpha value is -1.02. The van der Waals surface area contributed by atoms with Crippen molar-refractivity contribution in [3.63, 3.8) is 0 Å². The summed E-state index contributed by atoms with van der Waals surface area (Å²) in [5.41, 5.74) is 1.33. The lowest BCUT2D eigenvalue weighted by atomic mass is 10.5. The molecule has 0 aliphatic rings. The minimum absolute atomic E-state index is 1.33. The average Bonchev–Trinajstić information content (AvgIpc) is 1.84. The quantitative estimate of drug-likeness (QED) is 0.297. The number of hydrogen-bond acceptors (Lipinski definition) is 0.